The molecular weight excluding hydrogens is 406 g/mol. The van der Waals surface area contributed by atoms with Crippen molar-refractivity contribution in [2.75, 3.05) is 23.4 Å². The molecule has 0 saturated carbocycles. The second-order valence-electron chi connectivity index (χ2n) is 8.48. The van der Waals surface area contributed by atoms with Gasteiger partial charge in [-0.25, -0.2) is 9.69 Å². The van der Waals surface area contributed by atoms with Gasteiger partial charge in [-0.15, -0.1) is 0 Å². The molecule has 2 aromatic carbocycles. The van der Waals surface area contributed by atoms with Crippen LogP contribution in [0.1, 0.15) is 39.2 Å². The molecule has 3 rings (SSSR count). The first-order valence-electron chi connectivity index (χ1n) is 11.0. The third-order valence-corrected chi connectivity index (χ3v) is 5.16. The molecule has 1 fully saturated rings. The summed E-state index contributed by atoms with van der Waals surface area (Å²) in [5, 5.41) is 2.82. The average Bonchev–Trinajstić information content (AvgIpc) is 2.97. The van der Waals surface area contributed by atoms with E-state index in [4.69, 9.17) is 4.74 Å². The molecule has 1 N–H and O–H groups in total. The fourth-order valence-corrected chi connectivity index (χ4v) is 3.61. The highest BCUT2D eigenvalue weighted by atomic mass is 16.5. The Morgan fingerprint density at radius 1 is 1.06 bits per heavy atom. The SMILES string of the molecule is CCCOc1ccc(NC(=O)CC2C(=O)N(c3ccc(C)cc3)C(=O)N2CC(C)C)cc1. The van der Waals surface area contributed by atoms with Crippen molar-refractivity contribution in [1.82, 2.24) is 4.90 Å². The lowest BCUT2D eigenvalue weighted by molar-refractivity contribution is -0.124. The Morgan fingerprint density at radius 3 is 2.31 bits per heavy atom. The van der Waals surface area contributed by atoms with Crippen LogP contribution in [0.3, 0.4) is 0 Å². The van der Waals surface area contributed by atoms with E-state index in [0.29, 0.717) is 24.5 Å². The highest BCUT2D eigenvalue weighted by Gasteiger charge is 2.46. The molecule has 0 aliphatic carbocycles. The van der Waals surface area contributed by atoms with Gasteiger partial charge in [0.2, 0.25) is 5.91 Å². The number of anilines is 2. The number of carbonyl (C=O) groups excluding carboxylic acids is 3. The molecule has 170 valence electrons. The van der Waals surface area contributed by atoms with Gasteiger partial charge < -0.3 is 15.0 Å². The molecule has 0 radical (unpaired) electrons. The molecule has 1 aliphatic rings. The summed E-state index contributed by atoms with van der Waals surface area (Å²) in [5.74, 6) is 0.195. The van der Waals surface area contributed by atoms with Crippen molar-refractivity contribution in [3.8, 4) is 5.75 Å². The molecule has 1 unspecified atom stereocenters. The van der Waals surface area contributed by atoms with Gasteiger partial charge in [-0.3, -0.25) is 9.59 Å². The largest absolute Gasteiger partial charge is 0.494 e. The van der Waals surface area contributed by atoms with E-state index in [1.165, 1.54) is 9.80 Å². The number of rotatable bonds is 9. The molecule has 0 aromatic heterocycles. The molecule has 7 nitrogen and oxygen atoms in total. The highest BCUT2D eigenvalue weighted by molar-refractivity contribution is 6.22. The Kier molecular flexibility index (Phi) is 7.51. The number of benzene rings is 2. The van der Waals surface area contributed by atoms with E-state index >= 15 is 0 Å². The molecular formula is C25H31N3O4. The highest BCUT2D eigenvalue weighted by Crippen LogP contribution is 2.28. The lowest BCUT2D eigenvalue weighted by Gasteiger charge is -2.23. The first-order chi connectivity index (χ1) is 15.3. The summed E-state index contributed by atoms with van der Waals surface area (Å²) < 4.78 is 5.55. The summed E-state index contributed by atoms with van der Waals surface area (Å²) in [5.41, 5.74) is 2.17. The summed E-state index contributed by atoms with van der Waals surface area (Å²) in [4.78, 5) is 41.7. The van der Waals surface area contributed by atoms with Crippen LogP contribution < -0.4 is 15.0 Å². The zero-order valence-electron chi connectivity index (χ0n) is 19.1. The smallest absolute Gasteiger partial charge is 0.332 e. The molecule has 1 aliphatic heterocycles. The molecule has 7 heteroatoms. The number of aryl methyl sites for hydroxylation is 1. The predicted octanol–water partition coefficient (Wildman–Crippen LogP) is 4.61. The van der Waals surface area contributed by atoms with Crippen molar-refractivity contribution < 1.29 is 19.1 Å². The van der Waals surface area contributed by atoms with Gasteiger partial charge in [0.15, 0.2) is 0 Å². The molecule has 2 aromatic rings. The van der Waals surface area contributed by atoms with E-state index in [2.05, 4.69) is 5.32 Å². The van der Waals surface area contributed by atoms with Crippen LogP contribution in [0.25, 0.3) is 0 Å². The molecule has 0 spiro atoms. The Hall–Kier alpha value is -3.35. The minimum absolute atomic E-state index is 0.103. The monoisotopic (exact) mass is 437 g/mol. The van der Waals surface area contributed by atoms with E-state index in [9.17, 15) is 14.4 Å². The number of nitrogens with one attached hydrogen (secondary N) is 1. The van der Waals surface area contributed by atoms with Crippen LogP contribution >= 0.6 is 0 Å². The second-order valence-corrected chi connectivity index (χ2v) is 8.48. The number of urea groups is 1. The average molecular weight is 438 g/mol. The summed E-state index contributed by atoms with van der Waals surface area (Å²) >= 11 is 0. The van der Waals surface area contributed by atoms with Gasteiger partial charge in [0.05, 0.1) is 18.7 Å². The van der Waals surface area contributed by atoms with Gasteiger partial charge in [0, 0.05) is 12.2 Å². The Balaban J connectivity index is 1.73. The van der Waals surface area contributed by atoms with Gasteiger partial charge in [-0.2, -0.15) is 0 Å². The lowest BCUT2D eigenvalue weighted by atomic mass is 10.1. The van der Waals surface area contributed by atoms with Crippen molar-refractivity contribution in [3.05, 3.63) is 54.1 Å². The molecule has 1 atom stereocenters. The Labute approximate surface area is 189 Å². The van der Waals surface area contributed by atoms with E-state index in [0.717, 1.165) is 17.7 Å². The third-order valence-electron chi connectivity index (χ3n) is 5.16. The van der Waals surface area contributed by atoms with E-state index in [1.54, 1.807) is 36.4 Å². The molecule has 4 amide bonds. The van der Waals surface area contributed by atoms with Crippen LogP contribution in [-0.2, 0) is 9.59 Å². The standard InChI is InChI=1S/C25H31N3O4/c1-5-14-32-21-12-8-19(9-13-21)26-23(29)15-22-24(30)28(20-10-6-18(4)7-11-20)25(31)27(22)16-17(2)3/h6-13,17,22H,5,14-16H2,1-4H3,(H,26,29). The third kappa shape index (κ3) is 5.46. The van der Waals surface area contributed by atoms with Gasteiger partial charge in [0.25, 0.3) is 5.91 Å². The first kappa shape index (κ1) is 23.3. The minimum Gasteiger partial charge on any atom is -0.494 e. The Morgan fingerprint density at radius 2 is 1.72 bits per heavy atom. The summed E-state index contributed by atoms with van der Waals surface area (Å²) in [6.45, 7) is 8.96. The van der Waals surface area contributed by atoms with E-state index < -0.39 is 6.04 Å². The maximum atomic E-state index is 13.2. The van der Waals surface area contributed by atoms with Gasteiger partial charge in [0.1, 0.15) is 11.8 Å². The number of amides is 4. The quantitative estimate of drug-likeness (QED) is 0.581. The zero-order chi connectivity index (χ0) is 23.3. The molecule has 1 heterocycles. The fraction of sp³-hybridized carbons (Fsp3) is 0.400. The van der Waals surface area contributed by atoms with Gasteiger partial charge in [-0.1, -0.05) is 38.5 Å². The van der Waals surface area contributed by atoms with Crippen molar-refractivity contribution >= 4 is 29.2 Å². The Bertz CT molecular complexity index is 954. The van der Waals surface area contributed by atoms with Crippen LogP contribution in [-0.4, -0.2) is 41.9 Å². The number of imide groups is 1. The van der Waals surface area contributed by atoms with Crippen molar-refractivity contribution in [1.29, 1.82) is 0 Å². The summed E-state index contributed by atoms with van der Waals surface area (Å²) in [7, 11) is 0. The van der Waals surface area contributed by atoms with Gasteiger partial charge >= 0.3 is 6.03 Å². The van der Waals surface area contributed by atoms with Crippen LogP contribution in [0.15, 0.2) is 48.5 Å². The van der Waals surface area contributed by atoms with Crippen LogP contribution in [0.2, 0.25) is 0 Å². The fourth-order valence-electron chi connectivity index (χ4n) is 3.61. The van der Waals surface area contributed by atoms with E-state index in [1.807, 2.05) is 39.8 Å². The number of carbonyl (C=O) groups is 3. The number of hydrogen-bond donors (Lipinski definition) is 1. The minimum atomic E-state index is -0.835. The summed E-state index contributed by atoms with van der Waals surface area (Å²) in [6.07, 6.45) is 0.812. The topological polar surface area (TPSA) is 79.0 Å². The van der Waals surface area contributed by atoms with E-state index in [-0.39, 0.29) is 30.2 Å². The maximum Gasteiger partial charge on any atom is 0.332 e. The number of ether oxygens (including phenoxy) is 1. The molecule has 1 saturated heterocycles. The van der Waals surface area contributed by atoms with Crippen molar-refractivity contribution in [2.24, 2.45) is 5.92 Å². The number of nitrogens with zero attached hydrogens (tertiary/aromatic N) is 2. The number of hydrogen-bond acceptors (Lipinski definition) is 4. The second kappa shape index (κ2) is 10.3. The predicted molar refractivity (Wildman–Crippen MR) is 125 cm³/mol. The van der Waals surface area contributed by atoms with Crippen LogP contribution in [0.4, 0.5) is 16.2 Å². The van der Waals surface area contributed by atoms with Crippen molar-refractivity contribution in [2.45, 2.75) is 46.6 Å². The van der Waals surface area contributed by atoms with Crippen LogP contribution in [0.5, 0.6) is 5.75 Å². The normalized spacial score (nSPS) is 16.1. The molecule has 32 heavy (non-hydrogen) atoms. The first-order valence-corrected chi connectivity index (χ1v) is 11.0. The lowest BCUT2D eigenvalue weighted by Crippen LogP contribution is -2.40. The maximum absolute atomic E-state index is 13.2. The zero-order valence-corrected chi connectivity index (χ0v) is 19.1. The van der Waals surface area contributed by atoms with Crippen molar-refractivity contribution in [3.63, 3.8) is 0 Å². The molecule has 0 bridgehead atoms. The van der Waals surface area contributed by atoms with Crippen LogP contribution in [0, 0.1) is 12.8 Å². The van der Waals surface area contributed by atoms with Gasteiger partial charge in [-0.05, 0) is 55.7 Å². The summed E-state index contributed by atoms with van der Waals surface area (Å²) in [6, 6.07) is 13.1.